The number of hydrogen-bond donors (Lipinski definition) is 1. The number of anilines is 1. The number of para-hydroxylation sites is 1. The fraction of sp³-hybridized carbons (Fsp3) is 0.647. The average Bonchev–Trinajstić information content (AvgIpc) is 2.25. The first-order chi connectivity index (χ1) is 8.30. The van der Waals surface area contributed by atoms with Gasteiger partial charge in [-0.1, -0.05) is 52.8 Å². The maximum atomic E-state index is 3.67. The topological polar surface area (TPSA) is 12.0 Å². The largest absolute Gasteiger partial charge is 0.382 e. The number of rotatable bonds is 5. The molecule has 0 aliphatic rings. The highest BCUT2D eigenvalue weighted by atomic mass is 14.9. The van der Waals surface area contributed by atoms with Crippen LogP contribution in [0.15, 0.2) is 24.3 Å². The zero-order valence-electron chi connectivity index (χ0n) is 12.9. The van der Waals surface area contributed by atoms with Gasteiger partial charge >= 0.3 is 0 Å². The molecule has 0 bridgehead atoms. The van der Waals surface area contributed by atoms with Gasteiger partial charge in [-0.2, -0.15) is 0 Å². The molecule has 0 aliphatic heterocycles. The van der Waals surface area contributed by atoms with E-state index >= 15 is 0 Å². The lowest BCUT2D eigenvalue weighted by molar-refractivity contribution is 0.526. The highest BCUT2D eigenvalue weighted by Gasteiger charge is 2.18. The molecule has 1 atom stereocenters. The van der Waals surface area contributed by atoms with E-state index in [0.717, 1.165) is 5.92 Å². The van der Waals surface area contributed by atoms with Gasteiger partial charge in [0.2, 0.25) is 0 Å². The number of benzene rings is 1. The van der Waals surface area contributed by atoms with Gasteiger partial charge in [0.05, 0.1) is 0 Å². The summed E-state index contributed by atoms with van der Waals surface area (Å²) in [5.74, 6) is 0.784. The van der Waals surface area contributed by atoms with Gasteiger partial charge in [0.25, 0.3) is 0 Å². The Bertz CT molecular complexity index is 360. The summed E-state index contributed by atoms with van der Waals surface area (Å²) in [4.78, 5) is 0. The summed E-state index contributed by atoms with van der Waals surface area (Å²) in [6.07, 6.45) is 2.52. The third-order valence-electron chi connectivity index (χ3n) is 3.31. The van der Waals surface area contributed by atoms with Crippen LogP contribution in [0.25, 0.3) is 0 Å². The summed E-state index contributed by atoms with van der Waals surface area (Å²) in [5, 5.41) is 3.67. The van der Waals surface area contributed by atoms with E-state index in [2.05, 4.69) is 71.1 Å². The maximum absolute atomic E-state index is 3.67. The van der Waals surface area contributed by atoms with Crippen LogP contribution in [0.3, 0.4) is 0 Å². The average molecular weight is 247 g/mol. The molecule has 0 saturated carbocycles. The molecular formula is C17H29N. The molecule has 1 aromatic carbocycles. The van der Waals surface area contributed by atoms with Gasteiger partial charge in [-0.3, -0.25) is 0 Å². The van der Waals surface area contributed by atoms with E-state index in [4.69, 9.17) is 0 Å². The summed E-state index contributed by atoms with van der Waals surface area (Å²) < 4.78 is 0. The minimum absolute atomic E-state index is 0.196. The summed E-state index contributed by atoms with van der Waals surface area (Å²) in [5.41, 5.74) is 2.89. The Balaban J connectivity index is 2.72. The fourth-order valence-corrected chi connectivity index (χ4v) is 2.18. The fourth-order valence-electron chi connectivity index (χ4n) is 2.18. The highest BCUT2D eigenvalue weighted by molar-refractivity contribution is 5.54. The Morgan fingerprint density at radius 3 is 2.17 bits per heavy atom. The second-order valence-corrected chi connectivity index (χ2v) is 6.81. The van der Waals surface area contributed by atoms with Crippen LogP contribution in [0.1, 0.15) is 59.9 Å². The molecule has 1 unspecified atom stereocenters. The lowest BCUT2D eigenvalue weighted by Crippen LogP contribution is -2.20. The minimum Gasteiger partial charge on any atom is -0.382 e. The normalized spacial score (nSPS) is 13.7. The Morgan fingerprint density at radius 1 is 1.00 bits per heavy atom. The molecule has 0 saturated heterocycles. The Labute approximate surface area is 113 Å². The first-order valence-electron chi connectivity index (χ1n) is 7.16. The molecule has 1 N–H and O–H groups in total. The molecule has 1 aromatic rings. The van der Waals surface area contributed by atoms with Crippen molar-refractivity contribution in [3.05, 3.63) is 29.8 Å². The number of nitrogens with one attached hydrogen (secondary N) is 1. The maximum Gasteiger partial charge on any atom is 0.0380 e. The second-order valence-electron chi connectivity index (χ2n) is 6.81. The summed E-state index contributed by atoms with van der Waals surface area (Å²) in [6.45, 7) is 13.7. The van der Waals surface area contributed by atoms with Crippen LogP contribution >= 0.6 is 0 Å². The summed E-state index contributed by atoms with van der Waals surface area (Å²) in [7, 11) is 0. The van der Waals surface area contributed by atoms with Gasteiger partial charge < -0.3 is 5.32 Å². The van der Waals surface area contributed by atoms with Gasteiger partial charge in [0.15, 0.2) is 0 Å². The van der Waals surface area contributed by atoms with E-state index in [1.54, 1.807) is 0 Å². The van der Waals surface area contributed by atoms with Crippen molar-refractivity contribution in [2.75, 3.05) is 5.32 Å². The predicted molar refractivity (Wildman–Crippen MR) is 82.3 cm³/mol. The van der Waals surface area contributed by atoms with Crippen molar-refractivity contribution in [3.8, 4) is 0 Å². The molecule has 0 amide bonds. The van der Waals surface area contributed by atoms with Crippen LogP contribution in [-0.4, -0.2) is 6.04 Å². The number of hydrogen-bond acceptors (Lipinski definition) is 1. The van der Waals surface area contributed by atoms with Gasteiger partial charge in [-0.25, -0.2) is 0 Å². The lowest BCUT2D eigenvalue weighted by atomic mass is 9.85. The van der Waals surface area contributed by atoms with E-state index < -0.39 is 0 Å². The lowest BCUT2D eigenvalue weighted by Gasteiger charge is -2.26. The Kier molecular flexibility index (Phi) is 5.25. The third kappa shape index (κ3) is 4.72. The molecule has 0 aliphatic carbocycles. The first-order valence-corrected chi connectivity index (χ1v) is 7.16. The van der Waals surface area contributed by atoms with Gasteiger partial charge in [-0.15, -0.1) is 0 Å². The molecule has 102 valence electrons. The molecule has 0 radical (unpaired) electrons. The first kappa shape index (κ1) is 15.1. The van der Waals surface area contributed by atoms with E-state index in [1.165, 1.54) is 24.1 Å². The van der Waals surface area contributed by atoms with E-state index in [9.17, 15) is 0 Å². The van der Waals surface area contributed by atoms with Crippen LogP contribution < -0.4 is 5.32 Å². The molecular weight excluding hydrogens is 218 g/mol. The van der Waals surface area contributed by atoms with Crippen molar-refractivity contribution in [2.24, 2.45) is 5.92 Å². The van der Waals surface area contributed by atoms with Gasteiger partial charge in [0.1, 0.15) is 0 Å². The molecule has 1 heteroatoms. The molecule has 18 heavy (non-hydrogen) atoms. The zero-order chi connectivity index (χ0) is 13.8. The predicted octanol–water partition coefficient (Wildman–Crippen LogP) is 5.22. The molecule has 1 nitrogen and oxygen atoms in total. The third-order valence-corrected chi connectivity index (χ3v) is 3.31. The molecule has 0 aromatic heterocycles. The zero-order valence-corrected chi connectivity index (χ0v) is 12.9. The Morgan fingerprint density at radius 2 is 1.61 bits per heavy atom. The van der Waals surface area contributed by atoms with Crippen LogP contribution in [0, 0.1) is 5.92 Å². The van der Waals surface area contributed by atoms with Crippen molar-refractivity contribution in [1.29, 1.82) is 0 Å². The summed E-state index contributed by atoms with van der Waals surface area (Å²) in [6, 6.07) is 9.22. The van der Waals surface area contributed by atoms with Crippen LogP contribution in [-0.2, 0) is 5.41 Å². The van der Waals surface area contributed by atoms with Crippen molar-refractivity contribution in [3.63, 3.8) is 0 Å². The van der Waals surface area contributed by atoms with Crippen LogP contribution in [0.2, 0.25) is 0 Å². The second kappa shape index (κ2) is 6.26. The van der Waals surface area contributed by atoms with Crippen molar-refractivity contribution >= 4 is 5.69 Å². The molecule has 0 spiro atoms. The standard InChI is InChI=1S/C17H29N/c1-13(2)11-12-14(3)18-16-10-8-7-9-15(16)17(4,5)6/h7-10,13-14,18H,11-12H2,1-6H3. The van der Waals surface area contributed by atoms with E-state index in [-0.39, 0.29) is 5.41 Å². The van der Waals surface area contributed by atoms with E-state index in [0.29, 0.717) is 6.04 Å². The highest BCUT2D eigenvalue weighted by Crippen LogP contribution is 2.30. The smallest absolute Gasteiger partial charge is 0.0380 e. The van der Waals surface area contributed by atoms with E-state index in [1.807, 2.05) is 0 Å². The van der Waals surface area contributed by atoms with Crippen molar-refractivity contribution in [1.82, 2.24) is 0 Å². The van der Waals surface area contributed by atoms with Crippen molar-refractivity contribution in [2.45, 2.75) is 65.8 Å². The van der Waals surface area contributed by atoms with Gasteiger partial charge in [-0.05, 0) is 42.7 Å². The SMILES string of the molecule is CC(C)CCC(C)Nc1ccccc1C(C)(C)C. The minimum atomic E-state index is 0.196. The van der Waals surface area contributed by atoms with Crippen molar-refractivity contribution < 1.29 is 0 Å². The quantitative estimate of drug-likeness (QED) is 0.752. The molecule has 1 rings (SSSR count). The Hall–Kier alpha value is -0.980. The van der Waals surface area contributed by atoms with Crippen LogP contribution in [0.5, 0.6) is 0 Å². The van der Waals surface area contributed by atoms with Crippen LogP contribution in [0.4, 0.5) is 5.69 Å². The van der Waals surface area contributed by atoms with Gasteiger partial charge in [0, 0.05) is 11.7 Å². The summed E-state index contributed by atoms with van der Waals surface area (Å²) >= 11 is 0. The monoisotopic (exact) mass is 247 g/mol. The molecule has 0 heterocycles. The molecule has 0 fully saturated rings.